The van der Waals surface area contributed by atoms with Crippen molar-refractivity contribution in [2.75, 3.05) is 12.8 Å². The van der Waals surface area contributed by atoms with E-state index < -0.39 is 0 Å². The number of aryl methyl sites for hydroxylation is 1. The number of benzene rings is 1. The van der Waals surface area contributed by atoms with E-state index in [4.69, 9.17) is 15.2 Å². The van der Waals surface area contributed by atoms with Gasteiger partial charge in [-0.1, -0.05) is 18.2 Å². The van der Waals surface area contributed by atoms with E-state index in [0.29, 0.717) is 29.3 Å². The van der Waals surface area contributed by atoms with Crippen molar-refractivity contribution in [3.05, 3.63) is 59.7 Å². The van der Waals surface area contributed by atoms with Gasteiger partial charge in [-0.3, -0.25) is 4.98 Å². The van der Waals surface area contributed by atoms with Crippen LogP contribution in [-0.2, 0) is 6.54 Å². The largest absolute Gasteiger partial charge is 0.496 e. The summed E-state index contributed by atoms with van der Waals surface area (Å²) in [4.78, 5) is 17.5. The quantitative estimate of drug-likeness (QED) is 0.570. The third-order valence-electron chi connectivity index (χ3n) is 4.48. The summed E-state index contributed by atoms with van der Waals surface area (Å²) in [7, 11) is 1.66. The first-order valence-corrected chi connectivity index (χ1v) is 8.77. The number of imidazole rings is 1. The minimum atomic E-state index is 0.117. The average molecular weight is 376 g/mol. The number of para-hydroxylation sites is 1. The van der Waals surface area contributed by atoms with E-state index in [2.05, 4.69) is 19.9 Å². The average Bonchev–Trinajstić information content (AvgIpc) is 3.08. The topological polar surface area (TPSA) is 101 Å². The summed E-state index contributed by atoms with van der Waals surface area (Å²) in [5.41, 5.74) is 9.87. The maximum absolute atomic E-state index is 5.92. The molecular formula is C20H20N6O2. The molecule has 142 valence electrons. The van der Waals surface area contributed by atoms with Gasteiger partial charge in [-0.05, 0) is 26.0 Å². The Morgan fingerprint density at radius 2 is 1.86 bits per heavy atom. The molecule has 3 aromatic heterocycles. The van der Waals surface area contributed by atoms with E-state index in [1.807, 2.05) is 48.7 Å². The Hall–Kier alpha value is -3.68. The van der Waals surface area contributed by atoms with Crippen molar-refractivity contribution in [1.29, 1.82) is 0 Å². The van der Waals surface area contributed by atoms with Crippen LogP contribution in [0.4, 0.5) is 5.95 Å². The highest BCUT2D eigenvalue weighted by atomic mass is 16.5. The molecule has 0 saturated carbocycles. The lowest BCUT2D eigenvalue weighted by atomic mass is 10.1. The zero-order valence-corrected chi connectivity index (χ0v) is 15.9. The van der Waals surface area contributed by atoms with Crippen LogP contribution in [-0.4, -0.2) is 31.6 Å². The Morgan fingerprint density at radius 3 is 2.61 bits per heavy atom. The molecule has 8 heteroatoms. The fraction of sp³-hybridized carbons (Fsp3) is 0.200. The third-order valence-corrected chi connectivity index (χ3v) is 4.48. The van der Waals surface area contributed by atoms with Gasteiger partial charge in [0.2, 0.25) is 5.95 Å². The third kappa shape index (κ3) is 3.20. The van der Waals surface area contributed by atoms with Crippen LogP contribution in [0.5, 0.6) is 17.4 Å². The molecule has 0 fully saturated rings. The van der Waals surface area contributed by atoms with Crippen LogP contribution in [0.25, 0.3) is 11.2 Å². The van der Waals surface area contributed by atoms with E-state index in [1.165, 1.54) is 0 Å². The monoisotopic (exact) mass is 376 g/mol. The molecule has 28 heavy (non-hydrogen) atoms. The lowest BCUT2D eigenvalue weighted by molar-refractivity contribution is 0.406. The number of anilines is 1. The maximum Gasteiger partial charge on any atom is 0.252 e. The van der Waals surface area contributed by atoms with Gasteiger partial charge in [-0.25, -0.2) is 4.98 Å². The van der Waals surface area contributed by atoms with Crippen molar-refractivity contribution in [2.45, 2.75) is 20.4 Å². The highest BCUT2D eigenvalue weighted by Gasteiger charge is 2.16. The number of rotatable bonds is 5. The summed E-state index contributed by atoms with van der Waals surface area (Å²) in [6.45, 7) is 4.43. The molecule has 4 aromatic rings. The Labute approximate surface area is 162 Å². The van der Waals surface area contributed by atoms with Crippen molar-refractivity contribution >= 4 is 17.1 Å². The van der Waals surface area contributed by atoms with Crippen LogP contribution in [0.1, 0.15) is 16.8 Å². The summed E-state index contributed by atoms with van der Waals surface area (Å²) in [6, 6.07) is 9.36. The molecule has 0 aliphatic heterocycles. The Bertz CT molecular complexity index is 1140. The molecule has 0 bridgehead atoms. The van der Waals surface area contributed by atoms with Gasteiger partial charge in [0.25, 0.3) is 5.88 Å². The van der Waals surface area contributed by atoms with Crippen LogP contribution in [0, 0.1) is 13.8 Å². The standard InChI is InChI=1S/C20H20N6O2/c1-12-9-22-15(13(2)17(12)27-3)10-26-11-23-16-18(26)24-20(21)25-19(16)28-14-7-5-4-6-8-14/h4-9,11H,10H2,1-3H3,(H2,21,24,25). The molecule has 8 nitrogen and oxygen atoms in total. The highest BCUT2D eigenvalue weighted by molar-refractivity contribution is 5.78. The Morgan fingerprint density at radius 1 is 1.07 bits per heavy atom. The fourth-order valence-electron chi connectivity index (χ4n) is 3.11. The van der Waals surface area contributed by atoms with Crippen LogP contribution in [0.3, 0.4) is 0 Å². The first kappa shape index (κ1) is 17.7. The van der Waals surface area contributed by atoms with E-state index in [-0.39, 0.29) is 5.95 Å². The molecule has 0 spiro atoms. The number of nitrogen functional groups attached to an aromatic ring is 1. The van der Waals surface area contributed by atoms with Crippen molar-refractivity contribution in [2.24, 2.45) is 0 Å². The number of methoxy groups -OCH3 is 1. The van der Waals surface area contributed by atoms with E-state index in [1.54, 1.807) is 19.6 Å². The molecule has 0 radical (unpaired) electrons. The molecule has 3 heterocycles. The van der Waals surface area contributed by atoms with Gasteiger partial charge in [0, 0.05) is 17.3 Å². The molecule has 4 rings (SSSR count). The molecule has 0 aliphatic rings. The first-order chi connectivity index (χ1) is 13.6. The predicted molar refractivity (Wildman–Crippen MR) is 106 cm³/mol. The van der Waals surface area contributed by atoms with Gasteiger partial charge in [-0.2, -0.15) is 9.97 Å². The highest BCUT2D eigenvalue weighted by Crippen LogP contribution is 2.28. The molecule has 0 unspecified atom stereocenters. The summed E-state index contributed by atoms with van der Waals surface area (Å²) in [5, 5.41) is 0. The SMILES string of the molecule is COc1c(C)cnc(Cn2cnc3c(Oc4ccccc4)nc(N)nc32)c1C. The van der Waals surface area contributed by atoms with Crippen LogP contribution >= 0.6 is 0 Å². The van der Waals surface area contributed by atoms with Crippen LogP contribution in [0.2, 0.25) is 0 Å². The molecule has 0 atom stereocenters. The molecular weight excluding hydrogens is 356 g/mol. The summed E-state index contributed by atoms with van der Waals surface area (Å²) >= 11 is 0. The zero-order valence-electron chi connectivity index (χ0n) is 15.9. The normalized spacial score (nSPS) is 11.0. The second-order valence-corrected chi connectivity index (χ2v) is 6.39. The number of ether oxygens (including phenoxy) is 2. The predicted octanol–water partition coefficient (Wildman–Crippen LogP) is 3.27. The summed E-state index contributed by atoms with van der Waals surface area (Å²) in [5.74, 6) is 1.92. The fourth-order valence-corrected chi connectivity index (χ4v) is 3.11. The number of nitrogens with zero attached hydrogens (tertiary/aromatic N) is 5. The van der Waals surface area contributed by atoms with Crippen molar-refractivity contribution in [1.82, 2.24) is 24.5 Å². The molecule has 0 aliphatic carbocycles. The Balaban J connectivity index is 1.74. The lowest BCUT2D eigenvalue weighted by Gasteiger charge is -2.13. The summed E-state index contributed by atoms with van der Waals surface area (Å²) < 4.78 is 13.2. The van der Waals surface area contributed by atoms with Gasteiger partial charge in [-0.15, -0.1) is 0 Å². The van der Waals surface area contributed by atoms with E-state index in [9.17, 15) is 0 Å². The van der Waals surface area contributed by atoms with Crippen molar-refractivity contribution in [3.8, 4) is 17.4 Å². The minimum Gasteiger partial charge on any atom is -0.496 e. The molecule has 0 amide bonds. The number of fused-ring (bicyclic) bond motifs is 1. The molecule has 0 saturated heterocycles. The van der Waals surface area contributed by atoms with Gasteiger partial charge in [0.05, 0.1) is 25.7 Å². The summed E-state index contributed by atoms with van der Waals surface area (Å²) in [6.07, 6.45) is 3.48. The Kier molecular flexibility index (Phi) is 4.52. The first-order valence-electron chi connectivity index (χ1n) is 8.77. The number of aromatic nitrogens is 5. The van der Waals surface area contributed by atoms with Gasteiger partial charge in [0.1, 0.15) is 11.5 Å². The van der Waals surface area contributed by atoms with Gasteiger partial charge >= 0.3 is 0 Å². The molecule has 1 aromatic carbocycles. The van der Waals surface area contributed by atoms with Crippen LogP contribution < -0.4 is 15.2 Å². The number of hydrogen-bond donors (Lipinski definition) is 1. The maximum atomic E-state index is 5.92. The van der Waals surface area contributed by atoms with Gasteiger partial charge in [0.15, 0.2) is 11.2 Å². The minimum absolute atomic E-state index is 0.117. The van der Waals surface area contributed by atoms with Gasteiger partial charge < -0.3 is 19.8 Å². The number of hydrogen-bond acceptors (Lipinski definition) is 7. The smallest absolute Gasteiger partial charge is 0.252 e. The molecule has 2 N–H and O–H groups in total. The van der Waals surface area contributed by atoms with E-state index >= 15 is 0 Å². The van der Waals surface area contributed by atoms with Crippen LogP contribution in [0.15, 0.2) is 42.9 Å². The zero-order chi connectivity index (χ0) is 19.7. The number of pyridine rings is 1. The second kappa shape index (κ2) is 7.15. The van der Waals surface area contributed by atoms with Crippen molar-refractivity contribution in [3.63, 3.8) is 0 Å². The van der Waals surface area contributed by atoms with E-state index in [0.717, 1.165) is 22.6 Å². The lowest BCUT2D eigenvalue weighted by Crippen LogP contribution is -2.07. The van der Waals surface area contributed by atoms with Crippen molar-refractivity contribution < 1.29 is 9.47 Å². The second-order valence-electron chi connectivity index (χ2n) is 6.39. The number of nitrogens with two attached hydrogens (primary N) is 1.